The van der Waals surface area contributed by atoms with E-state index in [1.54, 1.807) is 6.92 Å². The Labute approximate surface area is 121 Å². The molecule has 0 aliphatic carbocycles. The number of ketones is 1. The average molecular weight is 265 g/mol. The third-order valence-corrected chi connectivity index (χ3v) is 3.54. The van der Waals surface area contributed by atoms with Gasteiger partial charge in [0.05, 0.1) is 5.92 Å². The van der Waals surface area contributed by atoms with Crippen molar-refractivity contribution in [2.75, 3.05) is 0 Å². The number of benzene rings is 2. The molecule has 0 saturated heterocycles. The zero-order valence-electron chi connectivity index (χ0n) is 12.4. The molecule has 1 radical (unpaired) electrons. The number of rotatable bonds is 5. The fourth-order valence-electron chi connectivity index (χ4n) is 2.56. The Bertz CT molecular complexity index is 581. The van der Waals surface area contributed by atoms with E-state index in [4.69, 9.17) is 0 Å². The Morgan fingerprint density at radius 1 is 1.10 bits per heavy atom. The van der Waals surface area contributed by atoms with Crippen molar-refractivity contribution in [2.24, 2.45) is 0 Å². The molecule has 0 bridgehead atoms. The first-order chi connectivity index (χ1) is 9.61. The standard InChI is InChI=1S/C19H21O/c1-4-6-16-7-5-8-18(13-16)19(15(3)20)17-11-9-14(2)10-12-17/h4-5,7-13,19H,6H2,1-3H3. The summed E-state index contributed by atoms with van der Waals surface area (Å²) in [7, 11) is 0. The van der Waals surface area contributed by atoms with Crippen LogP contribution in [0.25, 0.3) is 0 Å². The van der Waals surface area contributed by atoms with E-state index in [9.17, 15) is 4.79 Å². The molecule has 2 rings (SSSR count). The van der Waals surface area contributed by atoms with Crippen LogP contribution in [0, 0.1) is 13.3 Å². The number of hydrogen-bond acceptors (Lipinski definition) is 1. The molecular weight excluding hydrogens is 244 g/mol. The van der Waals surface area contributed by atoms with Gasteiger partial charge >= 0.3 is 0 Å². The van der Waals surface area contributed by atoms with Gasteiger partial charge in [-0.25, -0.2) is 0 Å². The normalized spacial score (nSPS) is 12.2. The number of carbonyl (C=O) groups is 1. The smallest absolute Gasteiger partial charge is 0.141 e. The van der Waals surface area contributed by atoms with Crippen molar-refractivity contribution in [3.8, 4) is 0 Å². The number of aryl methyl sites for hydroxylation is 1. The topological polar surface area (TPSA) is 17.1 Å². The molecule has 103 valence electrons. The summed E-state index contributed by atoms with van der Waals surface area (Å²) in [6.45, 7) is 5.78. The first kappa shape index (κ1) is 14.5. The zero-order chi connectivity index (χ0) is 14.5. The molecule has 20 heavy (non-hydrogen) atoms. The lowest BCUT2D eigenvalue weighted by molar-refractivity contribution is -0.117. The van der Waals surface area contributed by atoms with Gasteiger partial charge in [-0.05, 0) is 43.4 Å². The van der Waals surface area contributed by atoms with E-state index in [1.165, 1.54) is 11.1 Å². The summed E-state index contributed by atoms with van der Waals surface area (Å²) in [5, 5.41) is 0. The molecule has 1 nitrogen and oxygen atoms in total. The van der Waals surface area contributed by atoms with Crippen LogP contribution in [-0.4, -0.2) is 5.78 Å². The van der Waals surface area contributed by atoms with Gasteiger partial charge in [0, 0.05) is 0 Å². The minimum Gasteiger partial charge on any atom is -0.299 e. The number of hydrogen-bond donors (Lipinski definition) is 0. The lowest BCUT2D eigenvalue weighted by Crippen LogP contribution is -2.11. The minimum atomic E-state index is -0.160. The van der Waals surface area contributed by atoms with Gasteiger partial charge in [0.25, 0.3) is 0 Å². The molecular formula is C19H21O. The molecule has 0 aliphatic heterocycles. The Morgan fingerprint density at radius 2 is 1.80 bits per heavy atom. The summed E-state index contributed by atoms with van der Waals surface area (Å²) < 4.78 is 0. The van der Waals surface area contributed by atoms with Crippen LogP contribution in [0.4, 0.5) is 0 Å². The molecule has 2 aromatic carbocycles. The van der Waals surface area contributed by atoms with Gasteiger partial charge in [-0.1, -0.05) is 61.0 Å². The van der Waals surface area contributed by atoms with Crippen LogP contribution in [0.5, 0.6) is 0 Å². The highest BCUT2D eigenvalue weighted by Crippen LogP contribution is 2.27. The van der Waals surface area contributed by atoms with E-state index < -0.39 is 0 Å². The van der Waals surface area contributed by atoms with E-state index in [0.29, 0.717) is 0 Å². The highest BCUT2D eigenvalue weighted by molar-refractivity contribution is 5.87. The molecule has 0 aromatic heterocycles. The van der Waals surface area contributed by atoms with Crippen molar-refractivity contribution in [3.05, 3.63) is 77.2 Å². The lowest BCUT2D eigenvalue weighted by Gasteiger charge is -2.16. The van der Waals surface area contributed by atoms with Crippen LogP contribution in [0.1, 0.15) is 42.0 Å². The molecule has 0 aliphatic rings. The molecule has 1 unspecified atom stereocenters. The van der Waals surface area contributed by atoms with Gasteiger partial charge in [0.1, 0.15) is 5.78 Å². The summed E-state index contributed by atoms with van der Waals surface area (Å²) in [5.74, 6) is 0.0267. The second-order valence-electron chi connectivity index (χ2n) is 5.31. The maximum atomic E-state index is 12.1. The largest absolute Gasteiger partial charge is 0.299 e. The van der Waals surface area contributed by atoms with E-state index >= 15 is 0 Å². The zero-order valence-corrected chi connectivity index (χ0v) is 12.4. The Balaban J connectivity index is 2.40. The molecule has 1 atom stereocenters. The first-order valence-electron chi connectivity index (χ1n) is 7.05. The lowest BCUT2D eigenvalue weighted by atomic mass is 9.87. The highest BCUT2D eigenvalue weighted by atomic mass is 16.1. The maximum Gasteiger partial charge on any atom is 0.141 e. The van der Waals surface area contributed by atoms with Gasteiger partial charge in [-0.15, -0.1) is 0 Å². The van der Waals surface area contributed by atoms with E-state index in [1.807, 2.05) is 12.1 Å². The molecule has 0 heterocycles. The van der Waals surface area contributed by atoms with Gasteiger partial charge in [-0.2, -0.15) is 0 Å². The van der Waals surface area contributed by atoms with Crippen molar-refractivity contribution in [1.29, 1.82) is 0 Å². The number of Topliss-reactive ketones (excluding diaryl/α,β-unsaturated/α-hetero) is 1. The van der Waals surface area contributed by atoms with Crippen LogP contribution >= 0.6 is 0 Å². The van der Waals surface area contributed by atoms with Gasteiger partial charge in [0.15, 0.2) is 0 Å². The summed E-state index contributed by atoms with van der Waals surface area (Å²) >= 11 is 0. The van der Waals surface area contributed by atoms with Crippen LogP contribution in [-0.2, 0) is 11.2 Å². The van der Waals surface area contributed by atoms with Crippen molar-refractivity contribution < 1.29 is 4.79 Å². The Morgan fingerprint density at radius 3 is 2.40 bits per heavy atom. The van der Waals surface area contributed by atoms with Crippen molar-refractivity contribution in [3.63, 3.8) is 0 Å². The maximum absolute atomic E-state index is 12.1. The van der Waals surface area contributed by atoms with Crippen LogP contribution in [0.3, 0.4) is 0 Å². The molecule has 0 spiro atoms. The Kier molecular flexibility index (Phi) is 4.73. The molecule has 0 fully saturated rings. The highest BCUT2D eigenvalue weighted by Gasteiger charge is 2.19. The predicted molar refractivity (Wildman–Crippen MR) is 83.8 cm³/mol. The third-order valence-electron chi connectivity index (χ3n) is 3.54. The van der Waals surface area contributed by atoms with Crippen LogP contribution in [0.15, 0.2) is 48.5 Å². The van der Waals surface area contributed by atoms with Crippen LogP contribution in [0.2, 0.25) is 0 Å². The van der Waals surface area contributed by atoms with Crippen molar-refractivity contribution >= 4 is 5.78 Å². The predicted octanol–water partition coefficient (Wildman–Crippen LogP) is 4.48. The van der Waals surface area contributed by atoms with Gasteiger partial charge in [0.2, 0.25) is 0 Å². The molecule has 2 aromatic rings. The van der Waals surface area contributed by atoms with Crippen molar-refractivity contribution in [1.82, 2.24) is 0 Å². The number of carbonyl (C=O) groups excluding carboxylic acids is 1. The van der Waals surface area contributed by atoms with Gasteiger partial charge in [-0.3, -0.25) is 4.79 Å². The summed E-state index contributed by atoms with van der Waals surface area (Å²) in [5.41, 5.74) is 4.62. The second-order valence-corrected chi connectivity index (χ2v) is 5.31. The van der Waals surface area contributed by atoms with Gasteiger partial charge < -0.3 is 0 Å². The van der Waals surface area contributed by atoms with E-state index in [2.05, 4.69) is 56.7 Å². The van der Waals surface area contributed by atoms with Crippen LogP contribution < -0.4 is 0 Å². The molecule has 0 saturated carbocycles. The average Bonchev–Trinajstić information content (AvgIpc) is 2.42. The fraction of sp³-hybridized carbons (Fsp3) is 0.263. The SMILES string of the molecule is C[CH]Cc1cccc(C(C(C)=O)c2ccc(C)cc2)c1. The minimum absolute atomic E-state index is 0.160. The summed E-state index contributed by atoms with van der Waals surface area (Å²) in [6.07, 6.45) is 3.07. The fourth-order valence-corrected chi connectivity index (χ4v) is 2.56. The Hall–Kier alpha value is -1.89. The second kappa shape index (κ2) is 6.51. The summed E-state index contributed by atoms with van der Waals surface area (Å²) in [4.78, 5) is 12.1. The summed E-state index contributed by atoms with van der Waals surface area (Å²) in [6, 6.07) is 16.6. The molecule has 0 amide bonds. The molecule has 1 heteroatoms. The first-order valence-corrected chi connectivity index (χ1v) is 7.05. The third kappa shape index (κ3) is 3.36. The molecule has 0 N–H and O–H groups in total. The monoisotopic (exact) mass is 265 g/mol. The van der Waals surface area contributed by atoms with E-state index in [-0.39, 0.29) is 11.7 Å². The van der Waals surface area contributed by atoms with E-state index in [0.717, 1.165) is 17.5 Å². The quantitative estimate of drug-likeness (QED) is 0.779. The van der Waals surface area contributed by atoms with Crippen molar-refractivity contribution in [2.45, 2.75) is 33.1 Å².